The molecule has 2 fully saturated rings. The van der Waals surface area contributed by atoms with Crippen LogP contribution in [0.4, 0.5) is 0 Å². The first-order valence-electron chi connectivity index (χ1n) is 9.01. The quantitative estimate of drug-likeness (QED) is 0.905. The van der Waals surface area contributed by atoms with Crippen LogP contribution < -0.4 is 10.6 Å². The van der Waals surface area contributed by atoms with E-state index in [4.69, 9.17) is 4.52 Å². The number of fused-ring (bicyclic) bond motifs is 1. The monoisotopic (exact) mass is 328 g/mol. The molecule has 1 unspecified atom stereocenters. The topological polar surface area (TPSA) is 80.0 Å². The third-order valence-corrected chi connectivity index (χ3v) is 5.22. The van der Waals surface area contributed by atoms with E-state index in [1.54, 1.807) is 0 Å². The molecule has 0 radical (unpaired) electrons. The number of nitrogens with zero attached hydrogens (tertiary/aromatic N) is 2. The van der Waals surface area contributed by atoms with Gasteiger partial charge in [0.15, 0.2) is 0 Å². The van der Waals surface area contributed by atoms with Crippen molar-refractivity contribution in [3.8, 4) is 0 Å². The van der Waals surface area contributed by atoms with Gasteiger partial charge in [-0.3, -0.25) is 4.79 Å². The molecule has 2 aromatic heterocycles. The average molecular weight is 328 g/mol. The van der Waals surface area contributed by atoms with Gasteiger partial charge in [-0.25, -0.2) is 4.98 Å². The average Bonchev–Trinajstić information content (AvgIpc) is 3.24. The van der Waals surface area contributed by atoms with Crippen LogP contribution >= 0.6 is 0 Å². The number of aryl methyl sites for hydroxylation is 1. The minimum absolute atomic E-state index is 0.0226. The number of amides is 1. The summed E-state index contributed by atoms with van der Waals surface area (Å²) in [6.07, 6.45) is 6.71. The second kappa shape index (κ2) is 6.51. The van der Waals surface area contributed by atoms with Crippen LogP contribution in [-0.2, 0) is 0 Å². The van der Waals surface area contributed by atoms with Gasteiger partial charge in [-0.2, -0.15) is 0 Å². The summed E-state index contributed by atoms with van der Waals surface area (Å²) in [4.78, 5) is 17.3. The lowest BCUT2D eigenvalue weighted by Gasteiger charge is -2.21. The molecule has 2 N–H and O–H groups in total. The first kappa shape index (κ1) is 15.6. The smallest absolute Gasteiger partial charge is 0.259 e. The molecule has 2 aliphatic rings. The zero-order valence-electron chi connectivity index (χ0n) is 14.1. The fourth-order valence-corrected chi connectivity index (χ4v) is 3.97. The summed E-state index contributed by atoms with van der Waals surface area (Å²) in [6.45, 7) is 3.80. The third-order valence-electron chi connectivity index (χ3n) is 5.22. The van der Waals surface area contributed by atoms with Crippen molar-refractivity contribution in [2.75, 3.05) is 13.1 Å². The number of aromatic nitrogens is 2. The van der Waals surface area contributed by atoms with Crippen LogP contribution in [0.3, 0.4) is 0 Å². The van der Waals surface area contributed by atoms with E-state index in [0.717, 1.165) is 55.5 Å². The van der Waals surface area contributed by atoms with Gasteiger partial charge in [0, 0.05) is 24.2 Å². The van der Waals surface area contributed by atoms with Crippen molar-refractivity contribution in [3.05, 3.63) is 23.0 Å². The molecule has 3 heterocycles. The molecule has 1 saturated carbocycles. The van der Waals surface area contributed by atoms with Crippen molar-refractivity contribution < 1.29 is 9.32 Å². The molecule has 1 amide bonds. The van der Waals surface area contributed by atoms with E-state index < -0.39 is 0 Å². The summed E-state index contributed by atoms with van der Waals surface area (Å²) in [5.41, 5.74) is 2.79. The largest absolute Gasteiger partial charge is 0.349 e. The minimum atomic E-state index is -0.0226. The number of hydrogen-bond donors (Lipinski definition) is 2. The van der Waals surface area contributed by atoms with Crippen LogP contribution in [0.2, 0.25) is 0 Å². The molecule has 4 rings (SSSR count). The van der Waals surface area contributed by atoms with Crippen LogP contribution in [-0.4, -0.2) is 35.2 Å². The fraction of sp³-hybridized carbons (Fsp3) is 0.611. The van der Waals surface area contributed by atoms with E-state index in [9.17, 15) is 4.79 Å². The van der Waals surface area contributed by atoms with E-state index in [2.05, 4.69) is 20.8 Å². The molecular weight excluding hydrogens is 304 g/mol. The lowest BCUT2D eigenvalue weighted by atomic mass is 9.93. The van der Waals surface area contributed by atoms with Crippen molar-refractivity contribution in [2.45, 2.75) is 57.4 Å². The van der Waals surface area contributed by atoms with E-state index in [1.807, 2.05) is 13.0 Å². The highest BCUT2D eigenvalue weighted by molar-refractivity contribution is 6.06. The number of hydrogen-bond acceptors (Lipinski definition) is 5. The molecule has 0 aromatic carbocycles. The maximum Gasteiger partial charge on any atom is 0.259 e. The normalized spacial score (nSPS) is 22.1. The number of pyridine rings is 1. The van der Waals surface area contributed by atoms with E-state index in [-0.39, 0.29) is 11.8 Å². The number of carbonyl (C=O) groups is 1. The van der Waals surface area contributed by atoms with E-state index in [0.29, 0.717) is 17.3 Å². The molecule has 2 aromatic rings. The Kier molecular flexibility index (Phi) is 4.22. The standard InChI is InChI=1S/C18H24N4O2/c1-11-9-14(17(23)21-13-6-2-3-7-13)15-16(22-24-18(15)20-11)12-5-4-8-19-10-12/h9,12-13,19H,2-8,10H2,1H3,(H,21,23). The zero-order valence-corrected chi connectivity index (χ0v) is 14.1. The Bertz CT molecular complexity index is 743. The van der Waals surface area contributed by atoms with Gasteiger partial charge in [-0.15, -0.1) is 0 Å². The Morgan fingerprint density at radius 3 is 2.88 bits per heavy atom. The Balaban J connectivity index is 1.72. The molecule has 128 valence electrons. The minimum Gasteiger partial charge on any atom is -0.349 e. The van der Waals surface area contributed by atoms with Gasteiger partial charge < -0.3 is 15.2 Å². The van der Waals surface area contributed by atoms with Gasteiger partial charge in [-0.05, 0) is 45.2 Å². The van der Waals surface area contributed by atoms with Crippen molar-refractivity contribution in [2.24, 2.45) is 0 Å². The fourth-order valence-electron chi connectivity index (χ4n) is 3.97. The highest BCUT2D eigenvalue weighted by Crippen LogP contribution is 2.31. The molecule has 1 aliphatic carbocycles. The molecule has 6 nitrogen and oxygen atoms in total. The molecule has 0 bridgehead atoms. The zero-order chi connectivity index (χ0) is 16.5. The summed E-state index contributed by atoms with van der Waals surface area (Å²) in [6, 6.07) is 2.16. The van der Waals surface area contributed by atoms with E-state index >= 15 is 0 Å². The second-order valence-electron chi connectivity index (χ2n) is 7.06. The number of piperidine rings is 1. The lowest BCUT2D eigenvalue weighted by Crippen LogP contribution is -2.33. The Labute approximate surface area is 141 Å². The van der Waals surface area contributed by atoms with Crippen molar-refractivity contribution in [1.82, 2.24) is 20.8 Å². The van der Waals surface area contributed by atoms with Gasteiger partial charge >= 0.3 is 0 Å². The van der Waals surface area contributed by atoms with Crippen LogP contribution in [0.25, 0.3) is 11.1 Å². The first-order valence-corrected chi connectivity index (χ1v) is 9.01. The summed E-state index contributed by atoms with van der Waals surface area (Å²) in [7, 11) is 0. The van der Waals surface area contributed by atoms with Gasteiger partial charge in [0.05, 0.1) is 16.6 Å². The maximum atomic E-state index is 12.9. The summed E-state index contributed by atoms with van der Waals surface area (Å²) < 4.78 is 5.48. The lowest BCUT2D eigenvalue weighted by molar-refractivity contribution is 0.0939. The molecule has 1 aliphatic heterocycles. The van der Waals surface area contributed by atoms with Crippen molar-refractivity contribution >= 4 is 17.0 Å². The molecule has 6 heteroatoms. The Morgan fingerprint density at radius 1 is 1.29 bits per heavy atom. The molecular formula is C18H24N4O2. The van der Waals surface area contributed by atoms with Gasteiger partial charge in [-0.1, -0.05) is 18.0 Å². The highest BCUT2D eigenvalue weighted by Gasteiger charge is 2.27. The first-order chi connectivity index (χ1) is 11.7. The number of carbonyl (C=O) groups excluding carboxylic acids is 1. The molecule has 1 atom stereocenters. The van der Waals surface area contributed by atoms with Gasteiger partial charge in [0.1, 0.15) is 0 Å². The summed E-state index contributed by atoms with van der Waals surface area (Å²) in [5.74, 6) is 0.258. The predicted octanol–water partition coefficient (Wildman–Crippen LogP) is 2.67. The maximum absolute atomic E-state index is 12.9. The summed E-state index contributed by atoms with van der Waals surface area (Å²) in [5, 5.41) is 11.7. The number of nitrogens with one attached hydrogen (secondary N) is 2. The highest BCUT2D eigenvalue weighted by atomic mass is 16.5. The van der Waals surface area contributed by atoms with Crippen LogP contribution in [0.1, 0.15) is 66.2 Å². The molecule has 0 spiro atoms. The predicted molar refractivity (Wildman–Crippen MR) is 91.1 cm³/mol. The van der Waals surface area contributed by atoms with Crippen molar-refractivity contribution in [1.29, 1.82) is 0 Å². The Morgan fingerprint density at radius 2 is 2.12 bits per heavy atom. The van der Waals surface area contributed by atoms with Crippen LogP contribution in [0.5, 0.6) is 0 Å². The third kappa shape index (κ3) is 2.90. The van der Waals surface area contributed by atoms with Crippen LogP contribution in [0, 0.1) is 6.92 Å². The van der Waals surface area contributed by atoms with Crippen molar-refractivity contribution in [3.63, 3.8) is 0 Å². The SMILES string of the molecule is Cc1cc(C(=O)NC2CCCC2)c2c(C3CCCNC3)noc2n1. The van der Waals surface area contributed by atoms with E-state index in [1.165, 1.54) is 12.8 Å². The molecule has 1 saturated heterocycles. The Hall–Kier alpha value is -1.95. The summed E-state index contributed by atoms with van der Waals surface area (Å²) >= 11 is 0. The molecule has 24 heavy (non-hydrogen) atoms. The van der Waals surface area contributed by atoms with Crippen LogP contribution in [0.15, 0.2) is 10.6 Å². The van der Waals surface area contributed by atoms with Gasteiger partial charge in [0.25, 0.3) is 11.6 Å². The van der Waals surface area contributed by atoms with Gasteiger partial charge in [0.2, 0.25) is 0 Å². The second-order valence-corrected chi connectivity index (χ2v) is 7.06. The number of rotatable bonds is 3.